The molecule has 1 aromatic rings. The molecule has 1 unspecified atom stereocenters. The fourth-order valence-electron chi connectivity index (χ4n) is 2.30. The molecule has 0 amide bonds. The maximum Gasteiger partial charge on any atom is 0.0635 e. The van der Waals surface area contributed by atoms with Crippen molar-refractivity contribution in [3.05, 3.63) is 29.5 Å². The molecule has 1 aliphatic rings. The van der Waals surface area contributed by atoms with Crippen molar-refractivity contribution in [3.63, 3.8) is 0 Å². The van der Waals surface area contributed by atoms with Crippen LogP contribution in [0.1, 0.15) is 19.3 Å². The molecule has 5 heteroatoms. The van der Waals surface area contributed by atoms with Gasteiger partial charge in [-0.2, -0.15) is 0 Å². The number of aliphatic hydroxyl groups excluding tert-OH is 1. The van der Waals surface area contributed by atoms with Crippen molar-refractivity contribution in [3.8, 4) is 0 Å². The van der Waals surface area contributed by atoms with E-state index in [2.05, 4.69) is 4.90 Å². The average Bonchev–Trinajstić information content (AvgIpc) is 2.39. The first-order valence-electron chi connectivity index (χ1n) is 5.86. The molecule has 1 fully saturated rings. The standard InChI is InChI=1S/C12H17N2O3/c15-9-12-3-1-2-8-13(12)10-4-6-11(7-5-10)14(16)17/h4-7,12,15-16H,1-3,8-9H2/q-1. The van der Waals surface area contributed by atoms with Crippen molar-refractivity contribution in [2.45, 2.75) is 25.3 Å². The number of benzene rings is 1. The third-order valence-corrected chi connectivity index (χ3v) is 3.24. The molecule has 0 radical (unpaired) electrons. The molecule has 0 aromatic heterocycles. The predicted octanol–water partition coefficient (Wildman–Crippen LogP) is 1.73. The minimum atomic E-state index is -0.149. The molecule has 0 spiro atoms. The van der Waals surface area contributed by atoms with Crippen LogP contribution in [0.25, 0.3) is 0 Å². The topological polar surface area (TPSA) is 70.0 Å². The van der Waals surface area contributed by atoms with E-state index in [1.807, 2.05) is 0 Å². The Morgan fingerprint density at radius 1 is 1.29 bits per heavy atom. The van der Waals surface area contributed by atoms with Crippen LogP contribution < -0.4 is 10.1 Å². The van der Waals surface area contributed by atoms with Gasteiger partial charge in [-0.1, -0.05) is 0 Å². The molecule has 1 aliphatic heterocycles. The lowest BCUT2D eigenvalue weighted by Crippen LogP contribution is -2.41. The van der Waals surface area contributed by atoms with Crippen LogP contribution in [0, 0.1) is 5.21 Å². The van der Waals surface area contributed by atoms with Crippen LogP contribution >= 0.6 is 0 Å². The number of anilines is 2. The van der Waals surface area contributed by atoms with Gasteiger partial charge in [0.15, 0.2) is 0 Å². The molecule has 5 nitrogen and oxygen atoms in total. The van der Waals surface area contributed by atoms with E-state index in [0.717, 1.165) is 31.5 Å². The minimum absolute atomic E-state index is 0.148. The SMILES string of the molecule is [O-]N(O)c1ccc(N2CCCCC2CO)cc1. The third kappa shape index (κ3) is 2.69. The molecule has 94 valence electrons. The first-order chi connectivity index (χ1) is 8.22. The first kappa shape index (κ1) is 12.2. The maximum absolute atomic E-state index is 10.7. The highest BCUT2D eigenvalue weighted by Crippen LogP contribution is 2.26. The van der Waals surface area contributed by atoms with Gasteiger partial charge in [-0.25, -0.2) is 0 Å². The summed E-state index contributed by atoms with van der Waals surface area (Å²) in [5.74, 6) is 0. The second-order valence-electron chi connectivity index (χ2n) is 4.31. The van der Waals surface area contributed by atoms with Gasteiger partial charge >= 0.3 is 0 Å². The highest BCUT2D eigenvalue weighted by molar-refractivity contribution is 5.56. The van der Waals surface area contributed by atoms with Gasteiger partial charge in [0.25, 0.3) is 0 Å². The molecule has 1 aromatic carbocycles. The predicted molar refractivity (Wildman–Crippen MR) is 66.1 cm³/mol. The van der Waals surface area contributed by atoms with Crippen molar-refractivity contribution in [2.24, 2.45) is 0 Å². The van der Waals surface area contributed by atoms with Crippen molar-refractivity contribution >= 4 is 11.4 Å². The summed E-state index contributed by atoms with van der Waals surface area (Å²) in [4.78, 5) is 2.15. The van der Waals surface area contributed by atoms with Crippen molar-refractivity contribution in [1.82, 2.24) is 0 Å². The molecule has 17 heavy (non-hydrogen) atoms. The van der Waals surface area contributed by atoms with Gasteiger partial charge in [0.1, 0.15) is 0 Å². The molecule has 1 saturated heterocycles. The summed E-state index contributed by atoms with van der Waals surface area (Å²) < 4.78 is 0. The van der Waals surface area contributed by atoms with Crippen LogP contribution in [0.5, 0.6) is 0 Å². The van der Waals surface area contributed by atoms with Crippen LogP contribution in [-0.2, 0) is 0 Å². The zero-order valence-electron chi connectivity index (χ0n) is 9.62. The van der Waals surface area contributed by atoms with Crippen LogP contribution in [0.4, 0.5) is 11.4 Å². The molecule has 1 atom stereocenters. The lowest BCUT2D eigenvalue weighted by Gasteiger charge is -2.36. The number of hydrogen-bond acceptors (Lipinski definition) is 5. The number of rotatable bonds is 3. The Morgan fingerprint density at radius 3 is 2.59 bits per heavy atom. The van der Waals surface area contributed by atoms with Gasteiger partial charge < -0.3 is 20.4 Å². The Labute approximate surface area is 100 Å². The number of nitrogens with zero attached hydrogens (tertiary/aromatic N) is 2. The van der Waals surface area contributed by atoms with Gasteiger partial charge in [0.05, 0.1) is 18.3 Å². The monoisotopic (exact) mass is 237 g/mol. The normalized spacial score (nSPS) is 20.4. The van der Waals surface area contributed by atoms with Crippen LogP contribution in [0.3, 0.4) is 0 Å². The Bertz CT molecular complexity index is 353. The zero-order valence-corrected chi connectivity index (χ0v) is 9.62. The second kappa shape index (κ2) is 5.35. The summed E-state index contributed by atoms with van der Waals surface area (Å²) in [5, 5.41) is 28.6. The second-order valence-corrected chi connectivity index (χ2v) is 4.31. The molecule has 2 N–H and O–H groups in total. The molecule has 2 rings (SSSR count). The largest absolute Gasteiger partial charge is 0.733 e. The summed E-state index contributed by atoms with van der Waals surface area (Å²) in [6, 6.07) is 6.90. The number of hydrogen-bond donors (Lipinski definition) is 2. The molecular formula is C12H17N2O3-. The maximum atomic E-state index is 10.7. The van der Waals surface area contributed by atoms with Crippen molar-refractivity contribution in [2.75, 3.05) is 23.3 Å². The van der Waals surface area contributed by atoms with E-state index in [9.17, 15) is 10.3 Å². The molecule has 0 saturated carbocycles. The summed E-state index contributed by atoms with van der Waals surface area (Å²) in [5.41, 5.74) is 1.20. The molecule has 1 heterocycles. The van der Waals surface area contributed by atoms with Crippen molar-refractivity contribution in [1.29, 1.82) is 0 Å². The van der Waals surface area contributed by atoms with E-state index in [1.54, 1.807) is 24.3 Å². The summed E-state index contributed by atoms with van der Waals surface area (Å²) in [6.07, 6.45) is 3.25. The lowest BCUT2D eigenvalue weighted by molar-refractivity contribution is 0.240. The van der Waals surface area contributed by atoms with Crippen LogP contribution in [-0.4, -0.2) is 29.5 Å². The Hall–Kier alpha value is -1.30. The van der Waals surface area contributed by atoms with E-state index < -0.39 is 0 Å². The van der Waals surface area contributed by atoms with E-state index in [4.69, 9.17) is 5.21 Å². The number of piperidine rings is 1. The van der Waals surface area contributed by atoms with Gasteiger partial charge in [-0.3, -0.25) is 5.21 Å². The quantitative estimate of drug-likeness (QED) is 0.783. The van der Waals surface area contributed by atoms with E-state index in [0.29, 0.717) is 0 Å². The highest BCUT2D eigenvalue weighted by atomic mass is 16.8. The zero-order chi connectivity index (χ0) is 12.3. The third-order valence-electron chi connectivity index (χ3n) is 3.24. The molecule has 0 bridgehead atoms. The Kier molecular flexibility index (Phi) is 3.83. The first-order valence-corrected chi connectivity index (χ1v) is 5.86. The Morgan fingerprint density at radius 2 is 2.00 bits per heavy atom. The van der Waals surface area contributed by atoms with Gasteiger partial charge in [0, 0.05) is 12.2 Å². The summed E-state index contributed by atoms with van der Waals surface area (Å²) in [6.45, 7) is 1.07. The van der Waals surface area contributed by atoms with Gasteiger partial charge in [-0.05, 0) is 43.5 Å². The summed E-state index contributed by atoms with van der Waals surface area (Å²) >= 11 is 0. The highest BCUT2D eigenvalue weighted by Gasteiger charge is 2.21. The van der Waals surface area contributed by atoms with Crippen molar-refractivity contribution < 1.29 is 10.3 Å². The van der Waals surface area contributed by atoms with Gasteiger partial charge in [0.2, 0.25) is 0 Å². The molecular weight excluding hydrogens is 220 g/mol. The Balaban J connectivity index is 2.15. The van der Waals surface area contributed by atoms with E-state index in [1.165, 1.54) is 0 Å². The van der Waals surface area contributed by atoms with Gasteiger partial charge in [-0.15, -0.1) is 0 Å². The van der Waals surface area contributed by atoms with E-state index >= 15 is 0 Å². The van der Waals surface area contributed by atoms with Crippen LogP contribution in [0.15, 0.2) is 24.3 Å². The summed E-state index contributed by atoms with van der Waals surface area (Å²) in [7, 11) is 0. The average molecular weight is 237 g/mol. The minimum Gasteiger partial charge on any atom is -0.733 e. The molecule has 0 aliphatic carbocycles. The fraction of sp³-hybridized carbons (Fsp3) is 0.500. The van der Waals surface area contributed by atoms with E-state index in [-0.39, 0.29) is 23.6 Å². The fourth-order valence-corrected chi connectivity index (χ4v) is 2.30. The number of aliphatic hydroxyl groups is 1. The smallest absolute Gasteiger partial charge is 0.0635 e. The van der Waals surface area contributed by atoms with Crippen LogP contribution in [0.2, 0.25) is 0 Å². The lowest BCUT2D eigenvalue weighted by atomic mass is 10.0.